The van der Waals surface area contributed by atoms with E-state index >= 15 is 0 Å². The van der Waals surface area contributed by atoms with Crippen LogP contribution in [0.2, 0.25) is 0 Å². The van der Waals surface area contributed by atoms with Gasteiger partial charge >= 0.3 is 0 Å². The summed E-state index contributed by atoms with van der Waals surface area (Å²) < 4.78 is 16.2. The molecule has 2 aromatic carbocycles. The lowest BCUT2D eigenvalue weighted by Crippen LogP contribution is -2.51. The Labute approximate surface area is 184 Å². The second-order valence-electron chi connectivity index (χ2n) is 6.98. The Morgan fingerprint density at radius 1 is 0.968 bits per heavy atom. The van der Waals surface area contributed by atoms with Gasteiger partial charge in [0.2, 0.25) is 5.91 Å². The average molecular weight is 429 g/mol. The van der Waals surface area contributed by atoms with Gasteiger partial charge in [-0.05, 0) is 25.3 Å². The Morgan fingerprint density at radius 2 is 1.58 bits per heavy atom. The molecule has 0 aromatic heterocycles. The van der Waals surface area contributed by atoms with Crippen molar-refractivity contribution in [3.05, 3.63) is 54.1 Å². The van der Waals surface area contributed by atoms with Crippen LogP contribution < -0.4 is 19.5 Å². The van der Waals surface area contributed by atoms with E-state index in [2.05, 4.69) is 5.32 Å². The van der Waals surface area contributed by atoms with E-state index in [0.717, 1.165) is 5.56 Å². The fourth-order valence-electron chi connectivity index (χ4n) is 3.28. The molecule has 2 amide bonds. The quantitative estimate of drug-likeness (QED) is 0.562. The van der Waals surface area contributed by atoms with Crippen LogP contribution in [0.15, 0.2) is 48.5 Å². The van der Waals surface area contributed by atoms with E-state index in [1.807, 2.05) is 44.2 Å². The summed E-state index contributed by atoms with van der Waals surface area (Å²) in [4.78, 5) is 27.3. The van der Waals surface area contributed by atoms with Crippen molar-refractivity contribution < 1.29 is 23.8 Å². The molecule has 7 heteroatoms. The van der Waals surface area contributed by atoms with Crippen LogP contribution in [-0.2, 0) is 16.0 Å². The zero-order chi connectivity index (χ0) is 22.6. The van der Waals surface area contributed by atoms with Crippen LogP contribution in [-0.4, -0.2) is 56.7 Å². The minimum absolute atomic E-state index is 0.158. The summed E-state index contributed by atoms with van der Waals surface area (Å²) in [6.07, 6.45) is 1.16. The maximum absolute atomic E-state index is 13.1. The second-order valence-corrected chi connectivity index (χ2v) is 6.98. The molecule has 2 aromatic rings. The Morgan fingerprint density at radius 3 is 2.13 bits per heavy atom. The molecule has 31 heavy (non-hydrogen) atoms. The highest BCUT2D eigenvalue weighted by Crippen LogP contribution is 2.27. The topological polar surface area (TPSA) is 77.1 Å². The first-order chi connectivity index (χ1) is 15.0. The number of ether oxygens (including phenoxy) is 3. The van der Waals surface area contributed by atoms with E-state index in [1.54, 1.807) is 37.3 Å². The van der Waals surface area contributed by atoms with Gasteiger partial charge in [0.15, 0.2) is 6.61 Å². The van der Waals surface area contributed by atoms with Crippen molar-refractivity contribution >= 4 is 11.8 Å². The number of hydrogen-bond acceptors (Lipinski definition) is 5. The van der Waals surface area contributed by atoms with Gasteiger partial charge in [0.05, 0.1) is 14.2 Å². The molecule has 0 fully saturated rings. The van der Waals surface area contributed by atoms with Gasteiger partial charge in [0, 0.05) is 31.3 Å². The highest BCUT2D eigenvalue weighted by molar-refractivity contribution is 5.88. The SMILES string of the molecule is CCNC(=O)C(CC)N(CCc1ccccc1)C(=O)COc1cc(OC)cc(OC)c1. The number of benzene rings is 2. The molecule has 0 saturated heterocycles. The van der Waals surface area contributed by atoms with Crippen LogP contribution >= 0.6 is 0 Å². The lowest BCUT2D eigenvalue weighted by atomic mass is 10.1. The Kier molecular flexibility index (Phi) is 9.68. The molecule has 0 heterocycles. The molecule has 0 spiro atoms. The molecule has 2 rings (SSSR count). The normalized spacial score (nSPS) is 11.4. The van der Waals surface area contributed by atoms with Gasteiger partial charge in [0.25, 0.3) is 5.91 Å². The van der Waals surface area contributed by atoms with Crippen LogP contribution in [0.5, 0.6) is 17.2 Å². The summed E-state index contributed by atoms with van der Waals surface area (Å²) in [6, 6.07) is 14.4. The van der Waals surface area contributed by atoms with E-state index in [9.17, 15) is 9.59 Å². The van der Waals surface area contributed by atoms with Gasteiger partial charge in [-0.1, -0.05) is 37.3 Å². The van der Waals surface area contributed by atoms with Crippen molar-refractivity contribution in [1.29, 1.82) is 0 Å². The number of hydrogen-bond donors (Lipinski definition) is 1. The van der Waals surface area contributed by atoms with E-state index < -0.39 is 6.04 Å². The van der Waals surface area contributed by atoms with Crippen molar-refractivity contribution in [3.8, 4) is 17.2 Å². The molecule has 1 atom stereocenters. The van der Waals surface area contributed by atoms with Crippen molar-refractivity contribution in [3.63, 3.8) is 0 Å². The first kappa shape index (κ1) is 24.1. The third-order valence-corrected chi connectivity index (χ3v) is 4.91. The highest BCUT2D eigenvalue weighted by atomic mass is 16.5. The summed E-state index contributed by atoms with van der Waals surface area (Å²) in [7, 11) is 3.10. The van der Waals surface area contributed by atoms with Crippen LogP contribution in [0.1, 0.15) is 25.8 Å². The number of carbonyl (C=O) groups is 2. The van der Waals surface area contributed by atoms with Crippen molar-refractivity contribution in [1.82, 2.24) is 10.2 Å². The van der Waals surface area contributed by atoms with Gasteiger partial charge in [-0.2, -0.15) is 0 Å². The zero-order valence-corrected chi connectivity index (χ0v) is 18.7. The highest BCUT2D eigenvalue weighted by Gasteiger charge is 2.28. The van der Waals surface area contributed by atoms with E-state index in [1.165, 1.54) is 0 Å². The van der Waals surface area contributed by atoms with Crippen molar-refractivity contribution in [2.45, 2.75) is 32.7 Å². The molecule has 0 radical (unpaired) electrons. The van der Waals surface area contributed by atoms with E-state index in [-0.39, 0.29) is 18.4 Å². The van der Waals surface area contributed by atoms with Crippen LogP contribution in [0, 0.1) is 0 Å². The molecule has 168 valence electrons. The lowest BCUT2D eigenvalue weighted by Gasteiger charge is -2.30. The van der Waals surface area contributed by atoms with Crippen LogP contribution in [0.25, 0.3) is 0 Å². The number of amides is 2. The number of carbonyl (C=O) groups excluding carboxylic acids is 2. The molecule has 7 nitrogen and oxygen atoms in total. The number of nitrogens with zero attached hydrogens (tertiary/aromatic N) is 1. The first-order valence-corrected chi connectivity index (χ1v) is 10.5. The maximum atomic E-state index is 13.1. The monoisotopic (exact) mass is 428 g/mol. The molecule has 1 unspecified atom stereocenters. The summed E-state index contributed by atoms with van der Waals surface area (Å²) in [5, 5.41) is 2.83. The van der Waals surface area contributed by atoms with E-state index in [4.69, 9.17) is 14.2 Å². The fourth-order valence-corrected chi connectivity index (χ4v) is 3.28. The second kappa shape index (κ2) is 12.5. The molecular formula is C24H32N2O5. The van der Waals surface area contributed by atoms with Crippen molar-refractivity contribution in [2.75, 3.05) is 33.9 Å². The smallest absolute Gasteiger partial charge is 0.261 e. The van der Waals surface area contributed by atoms with E-state index in [0.29, 0.717) is 43.2 Å². The predicted octanol–water partition coefficient (Wildman–Crippen LogP) is 3.07. The minimum Gasteiger partial charge on any atom is -0.496 e. The van der Waals surface area contributed by atoms with Gasteiger partial charge < -0.3 is 24.4 Å². The Bertz CT molecular complexity index is 819. The molecule has 0 saturated carbocycles. The minimum atomic E-state index is -0.556. The largest absolute Gasteiger partial charge is 0.496 e. The Balaban J connectivity index is 2.15. The molecule has 0 bridgehead atoms. The molecule has 0 aliphatic heterocycles. The molecule has 1 N–H and O–H groups in total. The molecule has 0 aliphatic rings. The number of likely N-dealkylation sites (N-methyl/N-ethyl adjacent to an activating group) is 1. The maximum Gasteiger partial charge on any atom is 0.261 e. The first-order valence-electron chi connectivity index (χ1n) is 10.5. The van der Waals surface area contributed by atoms with Crippen molar-refractivity contribution in [2.24, 2.45) is 0 Å². The fraction of sp³-hybridized carbons (Fsp3) is 0.417. The number of nitrogens with one attached hydrogen (secondary N) is 1. The summed E-state index contributed by atoms with van der Waals surface area (Å²) in [6.45, 7) is 4.50. The third-order valence-electron chi connectivity index (χ3n) is 4.91. The van der Waals surface area contributed by atoms with Crippen LogP contribution in [0.4, 0.5) is 0 Å². The standard InChI is InChI=1S/C24H32N2O5/c1-5-22(24(28)25-6-2)26(13-12-18-10-8-7-9-11-18)23(27)17-31-21-15-19(29-3)14-20(16-21)30-4/h7-11,14-16,22H,5-6,12-13,17H2,1-4H3,(H,25,28). The summed E-state index contributed by atoms with van der Waals surface area (Å²) >= 11 is 0. The Hall–Kier alpha value is -3.22. The summed E-state index contributed by atoms with van der Waals surface area (Å²) in [5.74, 6) is 1.18. The third kappa shape index (κ3) is 7.20. The zero-order valence-electron chi connectivity index (χ0n) is 18.7. The van der Waals surface area contributed by atoms with Gasteiger partial charge in [-0.25, -0.2) is 0 Å². The summed E-state index contributed by atoms with van der Waals surface area (Å²) in [5.41, 5.74) is 1.10. The molecular weight excluding hydrogens is 396 g/mol. The van der Waals surface area contributed by atoms with Gasteiger partial charge in [-0.3, -0.25) is 9.59 Å². The van der Waals surface area contributed by atoms with Crippen LogP contribution in [0.3, 0.4) is 0 Å². The average Bonchev–Trinajstić information content (AvgIpc) is 2.80. The number of rotatable bonds is 12. The number of methoxy groups -OCH3 is 2. The van der Waals surface area contributed by atoms with Gasteiger partial charge in [0.1, 0.15) is 23.3 Å². The van der Waals surface area contributed by atoms with Gasteiger partial charge in [-0.15, -0.1) is 0 Å². The predicted molar refractivity (Wildman–Crippen MR) is 120 cm³/mol. The lowest BCUT2D eigenvalue weighted by molar-refractivity contribution is -0.142. The molecule has 0 aliphatic carbocycles.